The monoisotopic (exact) mass is 176 g/mol. The Hall–Kier alpha value is -1.61. The Morgan fingerprint density at radius 1 is 1.38 bits per heavy atom. The van der Waals surface area contributed by atoms with E-state index in [0.29, 0.717) is 0 Å². The van der Waals surface area contributed by atoms with Crippen molar-refractivity contribution in [3.8, 4) is 0 Å². The van der Waals surface area contributed by atoms with Gasteiger partial charge in [-0.05, 0) is 6.07 Å². The summed E-state index contributed by atoms with van der Waals surface area (Å²) in [4.78, 5) is 11.0. The quantitative estimate of drug-likeness (QED) is 0.616. The molecule has 1 aromatic carbocycles. The van der Waals surface area contributed by atoms with E-state index in [-0.39, 0.29) is 4.48 Å². The number of quaternary nitrogens is 1. The van der Waals surface area contributed by atoms with Crippen molar-refractivity contribution in [1.29, 1.82) is 0 Å². The zero-order valence-corrected chi connectivity index (χ0v) is 7.27. The molecular weight excluding hydrogens is 166 g/mol. The van der Waals surface area contributed by atoms with Crippen LogP contribution in [-0.2, 0) is 0 Å². The lowest BCUT2D eigenvalue weighted by molar-refractivity contribution is 0.171. The van der Waals surface area contributed by atoms with Gasteiger partial charge in [-0.25, -0.2) is 0 Å². The van der Waals surface area contributed by atoms with E-state index >= 15 is 0 Å². The minimum absolute atomic E-state index is 0.157. The third-order valence-corrected chi connectivity index (χ3v) is 2.39. The maximum Gasteiger partial charge on any atom is 0.523 e. The first kappa shape index (κ1) is 8.01. The zero-order valence-electron chi connectivity index (χ0n) is 7.27. The highest BCUT2D eigenvalue weighted by Gasteiger charge is 2.37. The maximum absolute atomic E-state index is 11.0. The Kier molecular flexibility index (Phi) is 1.50. The summed E-state index contributed by atoms with van der Waals surface area (Å²) in [6.07, 6.45) is 2.65. The van der Waals surface area contributed by atoms with Crippen LogP contribution >= 0.6 is 0 Å². The first-order valence-electron chi connectivity index (χ1n) is 4.03. The van der Waals surface area contributed by atoms with E-state index in [1.54, 1.807) is 13.2 Å². The predicted molar refractivity (Wildman–Crippen MR) is 51.2 cm³/mol. The summed E-state index contributed by atoms with van der Waals surface area (Å²) in [5.74, 6) is 0. The number of amides is 1. The van der Waals surface area contributed by atoms with Crippen LogP contribution in [0.25, 0.3) is 6.08 Å². The van der Waals surface area contributed by atoms with Crippen LogP contribution in [0.15, 0.2) is 30.5 Å². The second-order valence-electron chi connectivity index (χ2n) is 3.23. The minimum atomic E-state index is -0.860. The SMILES string of the molecule is C[N@@+]1(C(=O)O)C=Cc2ccccc21. The van der Waals surface area contributed by atoms with Gasteiger partial charge < -0.3 is 5.11 Å². The minimum Gasteiger partial charge on any atom is -0.435 e. The molecule has 0 saturated carbocycles. The number of hydrogen-bond acceptors (Lipinski definition) is 1. The number of hydrogen-bond donors (Lipinski definition) is 1. The second-order valence-corrected chi connectivity index (χ2v) is 3.23. The first-order valence-corrected chi connectivity index (χ1v) is 4.03. The van der Waals surface area contributed by atoms with Crippen molar-refractivity contribution in [3.63, 3.8) is 0 Å². The summed E-state index contributed by atoms with van der Waals surface area (Å²) in [5.41, 5.74) is 1.79. The van der Waals surface area contributed by atoms with E-state index in [9.17, 15) is 4.79 Å². The van der Waals surface area contributed by atoms with Crippen LogP contribution in [0.1, 0.15) is 5.56 Å². The number of benzene rings is 1. The fraction of sp³-hybridized carbons (Fsp3) is 0.100. The maximum atomic E-state index is 11.0. The standard InChI is InChI=1S/C10H9NO2/c1-11(10(12)13)7-6-8-4-2-3-5-9(8)11/h2-7H,1H3/p+1/t11-/m1/s1. The molecule has 1 atom stereocenters. The number of rotatable bonds is 0. The highest BCUT2D eigenvalue weighted by molar-refractivity contribution is 5.90. The third-order valence-electron chi connectivity index (χ3n) is 2.39. The summed E-state index contributed by atoms with van der Waals surface area (Å²) in [5, 5.41) is 9.04. The zero-order chi connectivity index (χ0) is 9.47. The van der Waals surface area contributed by atoms with Gasteiger partial charge in [0.2, 0.25) is 0 Å². The first-order chi connectivity index (χ1) is 6.14. The molecule has 3 heteroatoms. The van der Waals surface area contributed by atoms with Gasteiger partial charge in [0, 0.05) is 17.7 Å². The van der Waals surface area contributed by atoms with Crippen LogP contribution in [0, 0.1) is 0 Å². The Labute approximate surface area is 76.1 Å². The molecule has 0 unspecified atom stereocenters. The fourth-order valence-electron chi connectivity index (χ4n) is 1.53. The van der Waals surface area contributed by atoms with Gasteiger partial charge in [-0.3, -0.25) is 0 Å². The molecule has 1 aromatic rings. The molecule has 0 saturated heterocycles. The molecule has 0 radical (unpaired) electrons. The number of para-hydroxylation sites is 1. The van der Waals surface area contributed by atoms with Crippen LogP contribution in [0.3, 0.4) is 0 Å². The van der Waals surface area contributed by atoms with Crippen molar-refractivity contribution in [3.05, 3.63) is 36.0 Å². The van der Waals surface area contributed by atoms with E-state index in [2.05, 4.69) is 0 Å². The lowest BCUT2D eigenvalue weighted by atomic mass is 10.2. The molecule has 13 heavy (non-hydrogen) atoms. The smallest absolute Gasteiger partial charge is 0.435 e. The average Bonchev–Trinajstić information content (AvgIpc) is 2.47. The highest BCUT2D eigenvalue weighted by Crippen LogP contribution is 2.33. The van der Waals surface area contributed by atoms with E-state index in [1.165, 1.54) is 0 Å². The Morgan fingerprint density at radius 3 is 2.77 bits per heavy atom. The molecule has 1 N–H and O–H groups in total. The van der Waals surface area contributed by atoms with E-state index in [1.807, 2.05) is 30.3 Å². The van der Waals surface area contributed by atoms with Crippen LogP contribution in [0.4, 0.5) is 10.5 Å². The molecule has 0 fully saturated rings. The van der Waals surface area contributed by atoms with Gasteiger partial charge in [0.1, 0.15) is 6.20 Å². The van der Waals surface area contributed by atoms with Crippen LogP contribution in [-0.4, -0.2) is 18.2 Å². The topological polar surface area (TPSA) is 37.3 Å². The van der Waals surface area contributed by atoms with Crippen LogP contribution in [0.2, 0.25) is 0 Å². The number of carbonyl (C=O) groups is 1. The normalized spacial score (nSPS) is 24.4. The van der Waals surface area contributed by atoms with Gasteiger partial charge in [-0.2, -0.15) is 9.28 Å². The lowest BCUT2D eigenvalue weighted by Crippen LogP contribution is -2.42. The molecular formula is C10H10NO2+. The molecule has 3 nitrogen and oxygen atoms in total. The molecule has 0 spiro atoms. The molecule has 0 bridgehead atoms. The van der Waals surface area contributed by atoms with Crippen molar-refractivity contribution >= 4 is 17.9 Å². The molecule has 1 aliphatic rings. The van der Waals surface area contributed by atoms with E-state index in [4.69, 9.17) is 5.11 Å². The molecule has 1 amide bonds. The molecule has 0 aliphatic carbocycles. The second kappa shape index (κ2) is 2.44. The van der Waals surface area contributed by atoms with Gasteiger partial charge in [0.05, 0.1) is 7.05 Å². The number of carboxylic acid groups (broad SMARTS) is 1. The summed E-state index contributed by atoms with van der Waals surface area (Å²) in [6.45, 7) is 0. The number of nitrogens with zero attached hydrogens (tertiary/aromatic N) is 1. The number of fused-ring (bicyclic) bond motifs is 1. The van der Waals surface area contributed by atoms with Crippen molar-refractivity contribution in [2.45, 2.75) is 0 Å². The van der Waals surface area contributed by atoms with Crippen molar-refractivity contribution in [1.82, 2.24) is 4.48 Å². The van der Waals surface area contributed by atoms with Gasteiger partial charge in [0.25, 0.3) is 0 Å². The largest absolute Gasteiger partial charge is 0.523 e. The van der Waals surface area contributed by atoms with Gasteiger partial charge in [0.15, 0.2) is 5.69 Å². The van der Waals surface area contributed by atoms with E-state index in [0.717, 1.165) is 11.3 Å². The van der Waals surface area contributed by atoms with Gasteiger partial charge in [-0.15, -0.1) is 0 Å². The summed E-state index contributed by atoms with van der Waals surface area (Å²) >= 11 is 0. The van der Waals surface area contributed by atoms with Crippen LogP contribution in [0.5, 0.6) is 0 Å². The summed E-state index contributed by atoms with van der Waals surface area (Å²) < 4.78 is -0.157. The molecule has 1 heterocycles. The Bertz CT molecular complexity index is 398. The van der Waals surface area contributed by atoms with Gasteiger partial charge >= 0.3 is 6.09 Å². The Morgan fingerprint density at radius 2 is 2.08 bits per heavy atom. The molecule has 1 aliphatic heterocycles. The van der Waals surface area contributed by atoms with Gasteiger partial charge in [-0.1, -0.05) is 12.1 Å². The predicted octanol–water partition coefficient (Wildman–Crippen LogP) is 2.29. The average molecular weight is 176 g/mol. The lowest BCUT2D eigenvalue weighted by Gasteiger charge is -2.19. The summed E-state index contributed by atoms with van der Waals surface area (Å²) in [6, 6.07) is 7.51. The van der Waals surface area contributed by atoms with Crippen molar-refractivity contribution in [2.75, 3.05) is 7.05 Å². The third kappa shape index (κ3) is 0.975. The fourth-order valence-corrected chi connectivity index (χ4v) is 1.53. The van der Waals surface area contributed by atoms with Crippen molar-refractivity contribution in [2.24, 2.45) is 0 Å². The molecule has 0 aromatic heterocycles. The van der Waals surface area contributed by atoms with Crippen molar-refractivity contribution < 1.29 is 9.90 Å². The highest BCUT2D eigenvalue weighted by atomic mass is 16.4. The molecule has 66 valence electrons. The molecule has 2 rings (SSSR count). The van der Waals surface area contributed by atoms with E-state index < -0.39 is 6.09 Å². The van der Waals surface area contributed by atoms with Crippen LogP contribution < -0.4 is 4.48 Å². The summed E-state index contributed by atoms with van der Waals surface area (Å²) in [7, 11) is 1.66. The Balaban J connectivity index is 2.61.